The molecule has 0 bridgehead atoms. The molecule has 0 aliphatic carbocycles. The van der Waals surface area contributed by atoms with E-state index >= 15 is 0 Å². The van der Waals surface area contributed by atoms with Gasteiger partial charge in [0.1, 0.15) is 0 Å². The normalized spacial score (nSPS) is 11.8. The van der Waals surface area contributed by atoms with Gasteiger partial charge in [-0.3, -0.25) is 14.9 Å². The number of nitro benzene ring substituents is 1. The monoisotopic (exact) mass is 363 g/mol. The van der Waals surface area contributed by atoms with Crippen molar-refractivity contribution in [3.8, 4) is 0 Å². The Morgan fingerprint density at radius 3 is 2.54 bits per heavy atom. The van der Waals surface area contributed by atoms with E-state index in [2.05, 4.69) is 17.2 Å². The molecule has 1 unspecified atom stereocenters. The molecular weight excluding hydrogens is 346 g/mol. The highest BCUT2D eigenvalue weighted by molar-refractivity contribution is 8.00. The Kier molecular flexibility index (Phi) is 6.62. The van der Waals surface area contributed by atoms with Gasteiger partial charge in [-0.2, -0.15) is 0 Å². The number of amides is 1. The van der Waals surface area contributed by atoms with Crippen LogP contribution in [0, 0.1) is 10.1 Å². The quantitative estimate of drug-likeness (QED) is 0.450. The lowest BCUT2D eigenvalue weighted by Crippen LogP contribution is -2.22. The lowest BCUT2D eigenvalue weighted by molar-refractivity contribution is -0.384. The van der Waals surface area contributed by atoms with E-state index in [4.69, 9.17) is 0 Å². The van der Waals surface area contributed by atoms with Crippen molar-refractivity contribution in [3.63, 3.8) is 0 Å². The summed E-state index contributed by atoms with van der Waals surface area (Å²) in [6, 6.07) is 9.85. The third-order valence-corrected chi connectivity index (χ3v) is 4.96. The van der Waals surface area contributed by atoms with Gasteiger partial charge in [-0.05, 0) is 36.9 Å². The molecule has 1 aromatic carbocycles. The van der Waals surface area contributed by atoms with Crippen molar-refractivity contribution in [1.82, 2.24) is 4.98 Å². The topological polar surface area (TPSA) is 85.1 Å². The molecule has 8 heteroatoms. The number of hydrogen-bond donors (Lipinski definition) is 1. The van der Waals surface area contributed by atoms with Gasteiger partial charge in [-0.25, -0.2) is 4.98 Å². The number of aromatic nitrogens is 1. The maximum atomic E-state index is 12.2. The van der Waals surface area contributed by atoms with Crippen LogP contribution in [0.5, 0.6) is 0 Å². The number of anilines is 1. The molecule has 1 N–H and O–H groups in total. The SMILES string of the molecule is CCSc1ccc(NC(=O)C(C)Sc2ccc([N+](=O)[O-])cc2)cn1. The Labute approximate surface area is 148 Å². The third-order valence-electron chi connectivity index (χ3n) is 3.03. The van der Waals surface area contributed by atoms with E-state index in [-0.39, 0.29) is 16.8 Å². The maximum Gasteiger partial charge on any atom is 0.269 e. The zero-order valence-corrected chi connectivity index (χ0v) is 14.9. The highest BCUT2D eigenvalue weighted by atomic mass is 32.2. The van der Waals surface area contributed by atoms with Crippen molar-refractivity contribution in [1.29, 1.82) is 0 Å². The van der Waals surface area contributed by atoms with Gasteiger partial charge in [-0.1, -0.05) is 6.92 Å². The maximum absolute atomic E-state index is 12.2. The molecule has 0 spiro atoms. The molecule has 1 atom stereocenters. The Morgan fingerprint density at radius 2 is 2.00 bits per heavy atom. The summed E-state index contributed by atoms with van der Waals surface area (Å²) >= 11 is 2.98. The Morgan fingerprint density at radius 1 is 1.29 bits per heavy atom. The molecule has 1 heterocycles. The fourth-order valence-corrected chi connectivity index (χ4v) is 3.29. The second kappa shape index (κ2) is 8.70. The zero-order valence-electron chi connectivity index (χ0n) is 13.3. The molecule has 2 rings (SSSR count). The predicted molar refractivity (Wildman–Crippen MR) is 97.7 cm³/mol. The minimum atomic E-state index is -0.446. The first-order chi connectivity index (χ1) is 11.5. The van der Waals surface area contributed by atoms with E-state index in [9.17, 15) is 14.9 Å². The number of rotatable bonds is 7. The average Bonchev–Trinajstić information content (AvgIpc) is 2.57. The van der Waals surface area contributed by atoms with E-state index in [0.717, 1.165) is 15.7 Å². The summed E-state index contributed by atoms with van der Waals surface area (Å²) in [6.45, 7) is 3.84. The van der Waals surface area contributed by atoms with Crippen LogP contribution in [0.3, 0.4) is 0 Å². The summed E-state index contributed by atoms with van der Waals surface area (Å²) in [5, 5.41) is 14.0. The van der Waals surface area contributed by atoms with Crippen molar-refractivity contribution in [2.75, 3.05) is 11.1 Å². The van der Waals surface area contributed by atoms with Crippen molar-refractivity contribution < 1.29 is 9.72 Å². The number of hydrogen-bond acceptors (Lipinski definition) is 6. The molecule has 0 radical (unpaired) electrons. The largest absolute Gasteiger partial charge is 0.324 e. The molecule has 6 nitrogen and oxygen atoms in total. The Balaban J connectivity index is 1.92. The van der Waals surface area contributed by atoms with Crippen LogP contribution in [-0.4, -0.2) is 26.8 Å². The summed E-state index contributed by atoms with van der Waals surface area (Å²) in [5.74, 6) is 0.804. The Bertz CT molecular complexity index is 706. The van der Waals surface area contributed by atoms with Gasteiger partial charge in [0.2, 0.25) is 5.91 Å². The number of thioether (sulfide) groups is 2. The fraction of sp³-hybridized carbons (Fsp3) is 0.250. The predicted octanol–water partition coefficient (Wildman–Crippen LogP) is 4.22. The van der Waals surface area contributed by atoms with Gasteiger partial charge >= 0.3 is 0 Å². The minimum Gasteiger partial charge on any atom is -0.324 e. The molecule has 1 amide bonds. The summed E-state index contributed by atoms with van der Waals surface area (Å²) in [7, 11) is 0. The van der Waals surface area contributed by atoms with Gasteiger partial charge in [0.25, 0.3) is 5.69 Å². The van der Waals surface area contributed by atoms with Crippen LogP contribution in [0.2, 0.25) is 0 Å². The van der Waals surface area contributed by atoms with Crippen LogP contribution in [0.1, 0.15) is 13.8 Å². The van der Waals surface area contributed by atoms with E-state index in [1.807, 2.05) is 12.1 Å². The molecule has 0 fully saturated rings. The molecule has 24 heavy (non-hydrogen) atoms. The highest BCUT2D eigenvalue weighted by Crippen LogP contribution is 2.26. The van der Waals surface area contributed by atoms with Gasteiger partial charge in [0.05, 0.1) is 27.1 Å². The lowest BCUT2D eigenvalue weighted by Gasteiger charge is -2.12. The van der Waals surface area contributed by atoms with Crippen molar-refractivity contribution in [2.24, 2.45) is 0 Å². The second-order valence-electron chi connectivity index (χ2n) is 4.82. The van der Waals surface area contributed by atoms with Crippen LogP contribution >= 0.6 is 23.5 Å². The standard InChI is InChI=1S/C16H17N3O3S2/c1-3-23-15-9-4-12(10-17-15)18-16(20)11(2)24-14-7-5-13(6-8-14)19(21)22/h4-11H,3H2,1-2H3,(H,18,20). The average molecular weight is 363 g/mol. The molecule has 0 aliphatic rings. The number of non-ortho nitro benzene ring substituents is 1. The van der Waals surface area contributed by atoms with Crippen molar-refractivity contribution >= 4 is 40.8 Å². The summed E-state index contributed by atoms with van der Waals surface area (Å²) in [5.41, 5.74) is 0.684. The first-order valence-electron chi connectivity index (χ1n) is 7.30. The zero-order chi connectivity index (χ0) is 17.5. The lowest BCUT2D eigenvalue weighted by atomic mass is 10.3. The second-order valence-corrected chi connectivity index (χ2v) is 7.52. The van der Waals surface area contributed by atoms with Crippen LogP contribution in [-0.2, 0) is 4.79 Å². The summed E-state index contributed by atoms with van der Waals surface area (Å²) in [6.07, 6.45) is 1.64. The summed E-state index contributed by atoms with van der Waals surface area (Å²) < 4.78 is 0. The van der Waals surface area contributed by atoms with E-state index in [1.54, 1.807) is 37.0 Å². The number of nitrogens with one attached hydrogen (secondary N) is 1. The number of nitro groups is 1. The molecule has 0 aliphatic heterocycles. The number of carbonyl (C=O) groups excluding carboxylic acids is 1. The smallest absolute Gasteiger partial charge is 0.269 e. The number of benzene rings is 1. The molecule has 1 aromatic heterocycles. The van der Waals surface area contributed by atoms with Crippen molar-refractivity contribution in [2.45, 2.75) is 29.0 Å². The number of pyridine rings is 1. The van der Waals surface area contributed by atoms with Crippen LogP contribution < -0.4 is 5.32 Å². The molecule has 0 saturated heterocycles. The molecule has 126 valence electrons. The molecular formula is C16H17N3O3S2. The van der Waals surface area contributed by atoms with Crippen LogP contribution in [0.15, 0.2) is 52.5 Å². The number of nitrogens with zero attached hydrogens (tertiary/aromatic N) is 2. The first-order valence-corrected chi connectivity index (χ1v) is 9.17. The Hall–Kier alpha value is -2.06. The van der Waals surface area contributed by atoms with E-state index in [0.29, 0.717) is 5.69 Å². The van der Waals surface area contributed by atoms with Gasteiger partial charge < -0.3 is 5.32 Å². The van der Waals surface area contributed by atoms with Crippen LogP contribution in [0.4, 0.5) is 11.4 Å². The van der Waals surface area contributed by atoms with Crippen LogP contribution in [0.25, 0.3) is 0 Å². The number of carbonyl (C=O) groups is 1. The van der Waals surface area contributed by atoms with Gasteiger partial charge in [0, 0.05) is 17.0 Å². The van der Waals surface area contributed by atoms with Gasteiger partial charge in [0.15, 0.2) is 0 Å². The van der Waals surface area contributed by atoms with E-state index < -0.39 is 4.92 Å². The van der Waals surface area contributed by atoms with Crippen molar-refractivity contribution in [3.05, 3.63) is 52.7 Å². The van der Waals surface area contributed by atoms with E-state index in [1.165, 1.54) is 23.9 Å². The third kappa shape index (κ3) is 5.24. The van der Waals surface area contributed by atoms with Gasteiger partial charge in [-0.15, -0.1) is 23.5 Å². The summed E-state index contributed by atoms with van der Waals surface area (Å²) in [4.78, 5) is 27.5. The fourth-order valence-electron chi connectivity index (χ4n) is 1.84. The molecule has 2 aromatic rings. The highest BCUT2D eigenvalue weighted by Gasteiger charge is 2.15. The minimum absolute atomic E-state index is 0.0348. The first kappa shape index (κ1) is 18.3. The molecule has 0 saturated carbocycles.